The summed E-state index contributed by atoms with van der Waals surface area (Å²) in [6.07, 6.45) is 42.3. The summed E-state index contributed by atoms with van der Waals surface area (Å²) in [4.78, 5) is 36.8. The van der Waals surface area contributed by atoms with Gasteiger partial charge < -0.3 is 23.8 Å². The smallest absolute Gasteiger partial charge is 0.362 e. The van der Waals surface area contributed by atoms with Gasteiger partial charge in [0, 0.05) is 19.3 Å². The zero-order valence-electron chi connectivity index (χ0n) is 33.5. The van der Waals surface area contributed by atoms with Crippen LogP contribution in [0.25, 0.3) is 0 Å². The Morgan fingerprint density at radius 1 is 0.596 bits per heavy atom. The van der Waals surface area contributed by atoms with Crippen molar-refractivity contribution in [1.29, 1.82) is 0 Å². The molecule has 0 bridgehead atoms. The summed E-state index contributed by atoms with van der Waals surface area (Å²) in [5.41, 5.74) is 0. The molecule has 0 rings (SSSR count). The Balaban J connectivity index is 4.52. The van der Waals surface area contributed by atoms with E-state index in [1.165, 1.54) is 6.42 Å². The van der Waals surface area contributed by atoms with Crippen LogP contribution < -0.4 is 0 Å². The number of esters is 2. The lowest BCUT2D eigenvalue weighted by Gasteiger charge is -2.31. The summed E-state index contributed by atoms with van der Waals surface area (Å²) < 4.78 is 17.2. The predicted molar refractivity (Wildman–Crippen MR) is 215 cm³/mol. The van der Waals surface area contributed by atoms with Crippen molar-refractivity contribution >= 4 is 17.9 Å². The molecule has 0 aliphatic carbocycles. The molecule has 0 aromatic heterocycles. The Hall–Kier alpha value is -3.23. The van der Waals surface area contributed by atoms with Gasteiger partial charge in [0.2, 0.25) is 0 Å². The van der Waals surface area contributed by atoms with Crippen LogP contribution in [0.2, 0.25) is 0 Å². The lowest BCUT2D eigenvalue weighted by Crippen LogP contribution is -2.50. The van der Waals surface area contributed by atoms with Crippen LogP contribution in [0.4, 0.5) is 0 Å². The number of carboxylic acid groups (broad SMARTS) is 1. The van der Waals surface area contributed by atoms with Gasteiger partial charge in [-0.2, -0.15) is 0 Å². The Morgan fingerprint density at radius 3 is 1.63 bits per heavy atom. The van der Waals surface area contributed by atoms with Crippen LogP contribution in [0.5, 0.6) is 0 Å². The molecule has 1 N–H and O–H groups in total. The molecule has 8 nitrogen and oxygen atoms in total. The summed E-state index contributed by atoms with van der Waals surface area (Å²) >= 11 is 0. The lowest BCUT2D eigenvalue weighted by atomic mass is 10.1. The maximum Gasteiger partial charge on any atom is 0.362 e. The van der Waals surface area contributed by atoms with Crippen molar-refractivity contribution < 1.29 is 38.2 Å². The van der Waals surface area contributed by atoms with Crippen LogP contribution in [-0.2, 0) is 28.6 Å². The van der Waals surface area contributed by atoms with Crippen LogP contribution in [-0.4, -0.2) is 80.6 Å². The van der Waals surface area contributed by atoms with Gasteiger partial charge in [-0.05, 0) is 77.0 Å². The standard InChI is InChI=1S/C44H73NO7/c1-6-8-10-12-14-16-18-20-21-23-25-27-29-31-33-35-43(47)52-40(38-50-37-36-41(44(48)49)45(3,4)5)39-51-42(46)34-32-30-28-26-24-22-19-17-15-13-11-9-7-2/h8,10-11,13-14,16-17,19-21,25,27,40-41H,6-7,9,12,15,18,22-24,26,28-39H2,1-5H3/p+1/b10-8-,13-11-,16-14-,19-17-,21-20-,27-25-. The van der Waals surface area contributed by atoms with E-state index in [0.29, 0.717) is 19.3 Å². The van der Waals surface area contributed by atoms with E-state index in [1.54, 1.807) is 0 Å². The molecule has 52 heavy (non-hydrogen) atoms. The number of carbonyl (C=O) groups excluding carboxylic acids is 2. The molecule has 0 aliphatic rings. The first-order valence-electron chi connectivity index (χ1n) is 20.0. The molecule has 296 valence electrons. The molecular weight excluding hydrogens is 654 g/mol. The van der Waals surface area contributed by atoms with Gasteiger partial charge in [0.1, 0.15) is 6.61 Å². The van der Waals surface area contributed by atoms with Crippen LogP contribution in [0.1, 0.15) is 136 Å². The average molecular weight is 729 g/mol. The molecule has 0 heterocycles. The fraction of sp³-hybridized carbons (Fsp3) is 0.659. The van der Waals surface area contributed by atoms with Crippen LogP contribution in [0.3, 0.4) is 0 Å². The Kier molecular flexibility index (Phi) is 32.7. The lowest BCUT2D eigenvalue weighted by molar-refractivity contribution is -0.887. The van der Waals surface area contributed by atoms with Crippen molar-refractivity contribution in [1.82, 2.24) is 0 Å². The molecule has 0 aromatic rings. The molecule has 0 fully saturated rings. The van der Waals surface area contributed by atoms with Gasteiger partial charge >= 0.3 is 17.9 Å². The molecule has 0 radical (unpaired) electrons. The van der Waals surface area contributed by atoms with Gasteiger partial charge in [-0.1, -0.05) is 112 Å². The number of carboxylic acids is 1. The molecule has 2 unspecified atom stereocenters. The van der Waals surface area contributed by atoms with Crippen molar-refractivity contribution in [3.8, 4) is 0 Å². The number of quaternary nitrogens is 1. The van der Waals surface area contributed by atoms with E-state index in [0.717, 1.165) is 89.9 Å². The summed E-state index contributed by atoms with van der Waals surface area (Å²) in [5.74, 6) is -1.55. The van der Waals surface area contributed by atoms with E-state index in [2.05, 4.69) is 86.8 Å². The second kappa shape index (κ2) is 34.8. The van der Waals surface area contributed by atoms with Gasteiger partial charge in [-0.3, -0.25) is 9.59 Å². The molecule has 0 aromatic carbocycles. The third kappa shape index (κ3) is 32.7. The number of rotatable bonds is 34. The van der Waals surface area contributed by atoms with Crippen molar-refractivity contribution in [2.45, 2.75) is 148 Å². The first-order valence-corrected chi connectivity index (χ1v) is 20.0. The largest absolute Gasteiger partial charge is 0.477 e. The van der Waals surface area contributed by atoms with E-state index in [4.69, 9.17) is 14.2 Å². The molecule has 0 aliphatic heterocycles. The second-order valence-electron chi connectivity index (χ2n) is 14.1. The minimum absolute atomic E-state index is 0.0356. The minimum atomic E-state index is -0.888. The fourth-order valence-electron chi connectivity index (χ4n) is 5.24. The highest BCUT2D eigenvalue weighted by Gasteiger charge is 2.31. The number of aliphatic carboxylic acids is 1. The topological polar surface area (TPSA) is 99.1 Å². The maximum absolute atomic E-state index is 12.7. The Morgan fingerprint density at radius 2 is 1.08 bits per heavy atom. The van der Waals surface area contributed by atoms with Gasteiger partial charge in [-0.25, -0.2) is 4.79 Å². The highest BCUT2D eigenvalue weighted by Crippen LogP contribution is 2.12. The van der Waals surface area contributed by atoms with Crippen molar-refractivity contribution in [2.24, 2.45) is 0 Å². The molecule has 2 atom stereocenters. The first kappa shape index (κ1) is 48.8. The average Bonchev–Trinajstić information content (AvgIpc) is 3.09. The maximum atomic E-state index is 12.7. The van der Waals surface area contributed by atoms with E-state index in [-0.39, 0.29) is 42.7 Å². The first-order chi connectivity index (χ1) is 25.1. The van der Waals surface area contributed by atoms with Gasteiger partial charge in [0.15, 0.2) is 12.1 Å². The summed E-state index contributed by atoms with van der Waals surface area (Å²) in [6.45, 7) is 4.47. The SMILES string of the molecule is CC/C=C\C/C=C\C/C=C\C/C=C\CCCCC(=O)OC(COCCC(C(=O)O)[N+](C)(C)C)COC(=O)CCCCCCC/C=C\C/C=C\CCC. The summed E-state index contributed by atoms with van der Waals surface area (Å²) in [7, 11) is 5.49. The quantitative estimate of drug-likeness (QED) is 0.0305. The Bertz CT molecular complexity index is 1080. The highest BCUT2D eigenvalue weighted by molar-refractivity contribution is 5.72. The van der Waals surface area contributed by atoms with Crippen molar-refractivity contribution in [3.63, 3.8) is 0 Å². The second-order valence-corrected chi connectivity index (χ2v) is 14.1. The number of ether oxygens (including phenoxy) is 3. The molecular formula is C44H74NO7+. The van der Waals surface area contributed by atoms with E-state index < -0.39 is 18.1 Å². The third-order valence-corrected chi connectivity index (χ3v) is 8.32. The number of carbonyl (C=O) groups is 3. The highest BCUT2D eigenvalue weighted by atomic mass is 16.6. The minimum Gasteiger partial charge on any atom is -0.477 e. The molecule has 0 saturated heterocycles. The number of allylic oxidation sites excluding steroid dienone is 12. The normalized spacial score (nSPS) is 13.8. The fourth-order valence-corrected chi connectivity index (χ4v) is 5.24. The van der Waals surface area contributed by atoms with Gasteiger partial charge in [0.25, 0.3) is 0 Å². The van der Waals surface area contributed by atoms with Gasteiger partial charge in [-0.15, -0.1) is 0 Å². The molecule has 0 amide bonds. The van der Waals surface area contributed by atoms with E-state index >= 15 is 0 Å². The van der Waals surface area contributed by atoms with Crippen LogP contribution in [0.15, 0.2) is 72.9 Å². The summed E-state index contributed by atoms with van der Waals surface area (Å²) in [6, 6.07) is -0.627. The Labute approximate surface area is 317 Å². The van der Waals surface area contributed by atoms with Crippen molar-refractivity contribution in [2.75, 3.05) is 41.0 Å². The van der Waals surface area contributed by atoms with Gasteiger partial charge in [0.05, 0.1) is 34.4 Å². The van der Waals surface area contributed by atoms with Crippen molar-refractivity contribution in [3.05, 3.63) is 72.9 Å². The number of unbranched alkanes of at least 4 members (excludes halogenated alkanes) is 8. The molecule has 8 heteroatoms. The number of hydrogen-bond acceptors (Lipinski definition) is 6. The van der Waals surface area contributed by atoms with E-state index in [9.17, 15) is 19.5 Å². The number of hydrogen-bond donors (Lipinski definition) is 1. The van der Waals surface area contributed by atoms with Crippen LogP contribution in [0, 0.1) is 0 Å². The summed E-state index contributed by atoms with van der Waals surface area (Å²) in [5, 5.41) is 9.59. The predicted octanol–water partition coefficient (Wildman–Crippen LogP) is 10.4. The zero-order valence-corrected chi connectivity index (χ0v) is 33.5. The van der Waals surface area contributed by atoms with E-state index in [1.807, 2.05) is 21.1 Å². The number of nitrogens with zero attached hydrogens (tertiary/aromatic N) is 1. The monoisotopic (exact) mass is 729 g/mol. The zero-order chi connectivity index (χ0) is 38.5. The molecule has 0 spiro atoms. The van der Waals surface area contributed by atoms with Crippen LogP contribution >= 0.6 is 0 Å². The molecule has 0 saturated carbocycles. The number of likely N-dealkylation sites (N-methyl/N-ethyl adjacent to an activating group) is 1. The third-order valence-electron chi connectivity index (χ3n) is 8.32.